The lowest BCUT2D eigenvalue weighted by Crippen LogP contribution is -2.37. The normalized spacial score (nSPS) is 17.6. The van der Waals surface area contributed by atoms with Crippen molar-refractivity contribution in [2.75, 3.05) is 47.5 Å². The van der Waals surface area contributed by atoms with Gasteiger partial charge < -0.3 is 23.6 Å². The number of ether oxygens (including phenoxy) is 3. The maximum atomic E-state index is 12.7. The Bertz CT molecular complexity index is 1180. The second kappa shape index (κ2) is 34.8. The van der Waals surface area contributed by atoms with Crippen molar-refractivity contribution in [1.29, 1.82) is 0 Å². The van der Waals surface area contributed by atoms with E-state index >= 15 is 0 Å². The Morgan fingerprint density at radius 1 is 0.632 bits per heavy atom. The monoisotopic (exact) mass is 825 g/mol. The first-order valence-electron chi connectivity index (χ1n) is 22.5. The third-order valence-corrected chi connectivity index (χ3v) is 10.7. The highest BCUT2D eigenvalue weighted by Gasteiger charge is 2.36. The summed E-state index contributed by atoms with van der Waals surface area (Å²) in [5, 5.41) is 0. The number of quaternary nitrogens is 1. The van der Waals surface area contributed by atoms with Gasteiger partial charge in [0.25, 0.3) is 0 Å². The van der Waals surface area contributed by atoms with Crippen LogP contribution < -0.4 is 0 Å². The van der Waals surface area contributed by atoms with Gasteiger partial charge >= 0.3 is 19.8 Å². The Hall–Kier alpha value is -2.07. The first-order valence-corrected chi connectivity index (χ1v) is 24.0. The molecular weight excluding hydrogens is 741 g/mol. The standard InChI is InChI=1S/C46H82NO9P/c1-6-8-10-12-14-15-16-17-18-19-20-21-24-28-32-36-45(48)52-40-42(41-54-57(50,51)53-39-38-47(3,4)5)55-46(49)37-33-29-25-22-23-27-31-35-44-43(56-44)34-30-26-13-11-9-7-2/h15-16,22,25-27,30-31,42-44H,6-14,17-21,23-24,28-29,32-41H2,1-5H3/p+1/b16-15-,25-22-,30-26-,31-27-/t42-,43?,44?/m1/s1. The van der Waals surface area contributed by atoms with Gasteiger partial charge in [-0.05, 0) is 77.0 Å². The highest BCUT2D eigenvalue weighted by atomic mass is 31.2. The molecule has 0 aliphatic carbocycles. The van der Waals surface area contributed by atoms with Crippen molar-refractivity contribution in [2.24, 2.45) is 0 Å². The molecule has 10 nitrogen and oxygen atoms in total. The van der Waals surface area contributed by atoms with Gasteiger partial charge in [0.2, 0.25) is 0 Å². The van der Waals surface area contributed by atoms with E-state index in [2.05, 4.69) is 56.4 Å². The lowest BCUT2D eigenvalue weighted by Gasteiger charge is -2.24. The molecule has 11 heteroatoms. The first kappa shape index (κ1) is 52.9. The SMILES string of the molecule is CCCCC/C=C\CC1OC1C/C=C\C/C=C\CCCC(=O)O[C@H](COC(=O)CCCCCCCCC/C=C\CCCCCC)COP(=O)(O)OCC[N+](C)(C)C. The fourth-order valence-electron chi connectivity index (χ4n) is 6.04. The topological polar surface area (TPSA) is 121 Å². The molecule has 57 heavy (non-hydrogen) atoms. The summed E-state index contributed by atoms with van der Waals surface area (Å²) in [5.41, 5.74) is 0. The molecule has 0 bridgehead atoms. The first-order chi connectivity index (χ1) is 27.5. The van der Waals surface area contributed by atoms with Crippen molar-refractivity contribution in [3.05, 3.63) is 48.6 Å². The third kappa shape index (κ3) is 35.6. The molecule has 1 aliphatic heterocycles. The summed E-state index contributed by atoms with van der Waals surface area (Å²) in [6.45, 7) is 4.29. The van der Waals surface area contributed by atoms with Crippen LogP contribution in [0.2, 0.25) is 0 Å². The van der Waals surface area contributed by atoms with Crippen LogP contribution in [-0.2, 0) is 37.4 Å². The maximum Gasteiger partial charge on any atom is 0.472 e. The van der Waals surface area contributed by atoms with Crippen molar-refractivity contribution < 1.29 is 46.8 Å². The van der Waals surface area contributed by atoms with E-state index in [0.717, 1.165) is 57.8 Å². The minimum absolute atomic E-state index is 0.0170. The number of carbonyl (C=O) groups is 2. The van der Waals surface area contributed by atoms with E-state index in [1.165, 1.54) is 70.6 Å². The van der Waals surface area contributed by atoms with Gasteiger partial charge in [-0.15, -0.1) is 0 Å². The molecule has 3 unspecified atom stereocenters. The highest BCUT2D eigenvalue weighted by molar-refractivity contribution is 7.47. The second-order valence-corrected chi connectivity index (χ2v) is 17.9. The Labute approximate surface area is 348 Å². The summed E-state index contributed by atoms with van der Waals surface area (Å²) in [5.74, 6) is -0.877. The molecule has 1 fully saturated rings. The lowest BCUT2D eigenvalue weighted by molar-refractivity contribution is -0.870. The van der Waals surface area contributed by atoms with Crippen molar-refractivity contribution in [2.45, 2.75) is 186 Å². The molecule has 1 aliphatic rings. The average Bonchev–Trinajstić information content (AvgIpc) is 3.92. The van der Waals surface area contributed by atoms with Crippen LogP contribution in [-0.4, -0.2) is 87.1 Å². The number of phosphoric ester groups is 1. The fraction of sp³-hybridized carbons (Fsp3) is 0.783. The van der Waals surface area contributed by atoms with Crippen molar-refractivity contribution >= 4 is 19.8 Å². The number of likely N-dealkylation sites (N-methyl/N-ethyl adjacent to an activating group) is 1. The van der Waals surface area contributed by atoms with Gasteiger partial charge in [-0.3, -0.25) is 18.6 Å². The van der Waals surface area contributed by atoms with Crippen molar-refractivity contribution in [3.63, 3.8) is 0 Å². The Morgan fingerprint density at radius 2 is 1.12 bits per heavy atom. The van der Waals surface area contributed by atoms with Gasteiger partial charge in [0, 0.05) is 12.8 Å². The molecule has 1 rings (SSSR count). The number of hydrogen-bond acceptors (Lipinski definition) is 8. The van der Waals surface area contributed by atoms with E-state index in [1.54, 1.807) is 0 Å². The minimum Gasteiger partial charge on any atom is -0.462 e. The lowest BCUT2D eigenvalue weighted by atomic mass is 10.1. The second-order valence-electron chi connectivity index (χ2n) is 16.5. The van der Waals surface area contributed by atoms with Gasteiger partial charge in [0.1, 0.15) is 19.8 Å². The van der Waals surface area contributed by atoms with Crippen molar-refractivity contribution in [3.8, 4) is 0 Å². The van der Waals surface area contributed by atoms with Gasteiger partial charge in [0.05, 0.1) is 40.0 Å². The molecule has 1 saturated heterocycles. The molecule has 4 atom stereocenters. The summed E-state index contributed by atoms with van der Waals surface area (Å²) in [6.07, 6.45) is 41.9. The number of nitrogens with zero attached hydrogens (tertiary/aromatic N) is 1. The Balaban J connectivity index is 2.33. The molecule has 0 aromatic rings. The van der Waals surface area contributed by atoms with Crippen molar-refractivity contribution in [1.82, 2.24) is 0 Å². The number of rotatable bonds is 39. The van der Waals surface area contributed by atoms with Crippen LogP contribution >= 0.6 is 7.82 Å². The number of epoxide rings is 1. The van der Waals surface area contributed by atoms with E-state index in [1.807, 2.05) is 27.2 Å². The van der Waals surface area contributed by atoms with Gasteiger partial charge in [-0.2, -0.15) is 0 Å². The van der Waals surface area contributed by atoms with E-state index in [0.29, 0.717) is 36.1 Å². The maximum absolute atomic E-state index is 12.7. The Morgan fingerprint density at radius 3 is 1.77 bits per heavy atom. The van der Waals surface area contributed by atoms with E-state index < -0.39 is 32.5 Å². The molecule has 0 spiro atoms. The van der Waals surface area contributed by atoms with Crippen LogP contribution in [0, 0.1) is 0 Å². The van der Waals surface area contributed by atoms with Crippen LogP contribution in [0.4, 0.5) is 0 Å². The molecule has 0 saturated carbocycles. The molecule has 1 N–H and O–H groups in total. The summed E-state index contributed by atoms with van der Waals surface area (Å²) >= 11 is 0. The number of esters is 2. The molecule has 0 aromatic carbocycles. The van der Waals surface area contributed by atoms with E-state index in [-0.39, 0.29) is 26.1 Å². The number of unbranched alkanes of at least 4 members (excludes halogenated alkanes) is 15. The number of allylic oxidation sites excluding steroid dienone is 6. The van der Waals surface area contributed by atoms with Crippen LogP contribution in [0.5, 0.6) is 0 Å². The molecule has 1 heterocycles. The molecular formula is C46H83NO9P+. The third-order valence-electron chi connectivity index (χ3n) is 9.73. The molecule has 330 valence electrons. The zero-order chi connectivity index (χ0) is 41.9. The van der Waals surface area contributed by atoms with Gasteiger partial charge in [0.15, 0.2) is 6.10 Å². The van der Waals surface area contributed by atoms with Crippen LogP contribution in [0.1, 0.15) is 168 Å². The minimum atomic E-state index is -4.40. The Kier molecular flexibility index (Phi) is 32.3. The number of hydrogen-bond donors (Lipinski definition) is 1. The largest absolute Gasteiger partial charge is 0.472 e. The molecule has 0 radical (unpaired) electrons. The summed E-state index contributed by atoms with van der Waals surface area (Å²) in [6, 6.07) is 0. The highest BCUT2D eigenvalue weighted by Crippen LogP contribution is 2.43. The van der Waals surface area contributed by atoms with Gasteiger partial charge in [-0.25, -0.2) is 4.57 Å². The predicted octanol–water partition coefficient (Wildman–Crippen LogP) is 11.7. The summed E-state index contributed by atoms with van der Waals surface area (Å²) in [7, 11) is 1.43. The summed E-state index contributed by atoms with van der Waals surface area (Å²) in [4.78, 5) is 35.4. The molecule has 0 aromatic heterocycles. The fourth-order valence-corrected chi connectivity index (χ4v) is 6.78. The van der Waals surface area contributed by atoms with Crippen LogP contribution in [0.3, 0.4) is 0 Å². The molecule has 0 amide bonds. The van der Waals surface area contributed by atoms with Crippen LogP contribution in [0.25, 0.3) is 0 Å². The zero-order valence-electron chi connectivity index (χ0n) is 36.8. The predicted molar refractivity (Wildman–Crippen MR) is 233 cm³/mol. The smallest absolute Gasteiger partial charge is 0.462 e. The van der Waals surface area contributed by atoms with Gasteiger partial charge in [-0.1, -0.05) is 127 Å². The van der Waals surface area contributed by atoms with Crippen LogP contribution in [0.15, 0.2) is 48.6 Å². The van der Waals surface area contributed by atoms with E-state index in [9.17, 15) is 19.0 Å². The summed E-state index contributed by atoms with van der Waals surface area (Å²) < 4.78 is 40.0. The number of carbonyl (C=O) groups excluding carboxylic acids is 2. The average molecular weight is 825 g/mol. The zero-order valence-corrected chi connectivity index (χ0v) is 37.7. The number of phosphoric acid groups is 1. The van der Waals surface area contributed by atoms with E-state index in [4.69, 9.17) is 23.3 Å². The quantitative estimate of drug-likeness (QED) is 0.0161.